The molecule has 0 bridgehead atoms. The van der Waals surface area contributed by atoms with Gasteiger partial charge >= 0.3 is 0 Å². The molecule has 224 valence electrons. The molecular formula is C31H50N4O5. The molecule has 3 saturated heterocycles. The molecule has 1 N–H and O–H groups in total. The minimum absolute atomic E-state index is 0.109. The summed E-state index contributed by atoms with van der Waals surface area (Å²) >= 11 is 0. The van der Waals surface area contributed by atoms with E-state index in [1.807, 2.05) is 24.9 Å². The fourth-order valence-corrected chi connectivity index (χ4v) is 6.38. The zero-order valence-corrected chi connectivity index (χ0v) is 25.2. The molecule has 9 nitrogen and oxygen atoms in total. The van der Waals surface area contributed by atoms with E-state index in [1.54, 1.807) is 0 Å². The van der Waals surface area contributed by atoms with Crippen LogP contribution in [0.25, 0.3) is 0 Å². The van der Waals surface area contributed by atoms with Crippen LogP contribution in [-0.4, -0.2) is 107 Å². The fraction of sp³-hybridized carbons (Fsp3) is 0.742. The van der Waals surface area contributed by atoms with Crippen LogP contribution >= 0.6 is 0 Å². The zero-order chi connectivity index (χ0) is 28.6. The lowest BCUT2D eigenvalue weighted by atomic mass is 9.83. The van der Waals surface area contributed by atoms with Crippen LogP contribution in [0, 0.1) is 18.8 Å². The largest absolute Gasteiger partial charge is 0.493 e. The van der Waals surface area contributed by atoms with Crippen LogP contribution in [0.15, 0.2) is 12.1 Å². The SMILES string of the molecule is CCN(c1cc(OCCCN2CCOCC2)cc(C(=O)NCC2C(=O)N(C)C(C)CC2C)c1C)C1CCOCC1. The van der Waals surface area contributed by atoms with Crippen molar-refractivity contribution in [2.75, 3.05) is 77.7 Å². The quantitative estimate of drug-likeness (QED) is 0.417. The molecular weight excluding hydrogens is 508 g/mol. The second kappa shape index (κ2) is 14.5. The highest BCUT2D eigenvalue weighted by Gasteiger charge is 2.36. The fourth-order valence-electron chi connectivity index (χ4n) is 6.38. The van der Waals surface area contributed by atoms with E-state index < -0.39 is 0 Å². The Kier molecular flexibility index (Phi) is 11.1. The van der Waals surface area contributed by atoms with Gasteiger partial charge in [-0.05, 0) is 64.0 Å². The third-order valence-electron chi connectivity index (χ3n) is 9.08. The van der Waals surface area contributed by atoms with Gasteiger partial charge in [-0.1, -0.05) is 6.92 Å². The van der Waals surface area contributed by atoms with Gasteiger partial charge in [0.2, 0.25) is 5.91 Å². The van der Waals surface area contributed by atoms with Crippen LogP contribution in [0.5, 0.6) is 5.75 Å². The Morgan fingerprint density at radius 1 is 1.12 bits per heavy atom. The number of likely N-dealkylation sites (tertiary alicyclic amines) is 1. The summed E-state index contributed by atoms with van der Waals surface area (Å²) in [5, 5.41) is 3.11. The van der Waals surface area contributed by atoms with Crippen molar-refractivity contribution in [2.24, 2.45) is 11.8 Å². The molecule has 3 unspecified atom stereocenters. The van der Waals surface area contributed by atoms with E-state index in [2.05, 4.69) is 42.0 Å². The van der Waals surface area contributed by atoms with Gasteiger partial charge in [-0.2, -0.15) is 0 Å². The minimum Gasteiger partial charge on any atom is -0.493 e. The van der Waals surface area contributed by atoms with Crippen LogP contribution in [-0.2, 0) is 14.3 Å². The molecule has 0 radical (unpaired) electrons. The highest BCUT2D eigenvalue weighted by atomic mass is 16.5. The zero-order valence-electron chi connectivity index (χ0n) is 25.2. The van der Waals surface area contributed by atoms with Crippen molar-refractivity contribution in [1.29, 1.82) is 0 Å². The lowest BCUT2D eigenvalue weighted by molar-refractivity contribution is -0.141. The maximum atomic E-state index is 13.6. The van der Waals surface area contributed by atoms with Crippen molar-refractivity contribution in [3.63, 3.8) is 0 Å². The molecule has 3 atom stereocenters. The van der Waals surface area contributed by atoms with Crippen molar-refractivity contribution in [3.05, 3.63) is 23.3 Å². The topological polar surface area (TPSA) is 83.6 Å². The molecule has 1 aromatic carbocycles. The molecule has 0 aliphatic carbocycles. The van der Waals surface area contributed by atoms with Gasteiger partial charge in [0.15, 0.2) is 0 Å². The number of nitrogens with zero attached hydrogens (tertiary/aromatic N) is 3. The van der Waals surface area contributed by atoms with E-state index in [9.17, 15) is 9.59 Å². The average Bonchev–Trinajstić information content (AvgIpc) is 2.96. The molecule has 0 aromatic heterocycles. The summed E-state index contributed by atoms with van der Waals surface area (Å²) in [6.45, 7) is 16.1. The van der Waals surface area contributed by atoms with Crippen molar-refractivity contribution in [2.45, 2.75) is 65.5 Å². The number of anilines is 1. The van der Waals surface area contributed by atoms with E-state index in [4.69, 9.17) is 14.2 Å². The summed E-state index contributed by atoms with van der Waals surface area (Å²) in [5.41, 5.74) is 2.60. The van der Waals surface area contributed by atoms with Gasteiger partial charge in [0.05, 0.1) is 25.7 Å². The molecule has 3 heterocycles. The summed E-state index contributed by atoms with van der Waals surface area (Å²) < 4.78 is 17.3. The summed E-state index contributed by atoms with van der Waals surface area (Å²) in [5.74, 6) is 0.688. The predicted octanol–water partition coefficient (Wildman–Crippen LogP) is 3.33. The molecule has 9 heteroatoms. The summed E-state index contributed by atoms with van der Waals surface area (Å²) in [6, 6.07) is 4.56. The third kappa shape index (κ3) is 7.47. The number of ether oxygens (including phenoxy) is 3. The summed E-state index contributed by atoms with van der Waals surface area (Å²) in [7, 11) is 1.86. The Morgan fingerprint density at radius 3 is 2.52 bits per heavy atom. The first-order chi connectivity index (χ1) is 19.3. The maximum Gasteiger partial charge on any atom is 0.251 e. The van der Waals surface area contributed by atoms with E-state index in [0.29, 0.717) is 30.5 Å². The molecule has 3 aliphatic rings. The standard InChI is InChI=1S/C31H50N4O5/c1-6-35(25-8-14-38-15-9-25)29-20-26(40-13-7-10-34-11-16-39-17-12-34)19-27(24(29)4)30(36)32-21-28-22(2)18-23(3)33(5)31(28)37/h19-20,22-23,25,28H,6-18,21H2,1-5H3,(H,32,36). The molecule has 0 saturated carbocycles. The van der Waals surface area contributed by atoms with E-state index >= 15 is 0 Å². The Labute approximate surface area is 240 Å². The van der Waals surface area contributed by atoms with E-state index in [0.717, 1.165) is 89.5 Å². The average molecular weight is 559 g/mol. The first kappa shape index (κ1) is 30.6. The number of carbonyl (C=O) groups excluding carboxylic acids is 2. The molecule has 40 heavy (non-hydrogen) atoms. The number of nitrogens with one attached hydrogen (secondary N) is 1. The highest BCUT2D eigenvalue weighted by Crippen LogP contribution is 2.33. The van der Waals surface area contributed by atoms with Crippen LogP contribution in [0.1, 0.15) is 62.4 Å². The van der Waals surface area contributed by atoms with E-state index in [-0.39, 0.29) is 29.7 Å². The number of hydrogen-bond donors (Lipinski definition) is 1. The first-order valence-corrected chi connectivity index (χ1v) is 15.3. The number of carbonyl (C=O) groups is 2. The Hall–Kier alpha value is -2.36. The molecule has 4 rings (SSSR count). The van der Waals surface area contributed by atoms with Gasteiger partial charge in [-0.15, -0.1) is 0 Å². The van der Waals surface area contributed by atoms with Gasteiger partial charge in [0, 0.05) is 82.4 Å². The van der Waals surface area contributed by atoms with E-state index in [1.165, 1.54) is 0 Å². The Morgan fingerprint density at radius 2 is 1.82 bits per heavy atom. The van der Waals surface area contributed by atoms with Crippen molar-refractivity contribution in [1.82, 2.24) is 15.1 Å². The molecule has 2 amide bonds. The maximum absolute atomic E-state index is 13.6. The molecule has 3 aliphatic heterocycles. The van der Waals surface area contributed by atoms with Gasteiger partial charge < -0.3 is 29.3 Å². The summed E-state index contributed by atoms with van der Waals surface area (Å²) in [4.78, 5) is 33.2. The van der Waals surface area contributed by atoms with Crippen molar-refractivity contribution in [3.8, 4) is 5.75 Å². The monoisotopic (exact) mass is 558 g/mol. The Balaban J connectivity index is 1.50. The van der Waals surface area contributed by atoms with Gasteiger partial charge in [0.1, 0.15) is 5.75 Å². The van der Waals surface area contributed by atoms with Crippen LogP contribution in [0.3, 0.4) is 0 Å². The molecule has 3 fully saturated rings. The number of hydrogen-bond acceptors (Lipinski definition) is 7. The van der Waals surface area contributed by atoms with Gasteiger partial charge in [-0.3, -0.25) is 14.5 Å². The number of amides is 2. The Bertz CT molecular complexity index is 992. The second-order valence-electron chi connectivity index (χ2n) is 11.7. The smallest absolute Gasteiger partial charge is 0.251 e. The lowest BCUT2D eigenvalue weighted by Crippen LogP contribution is -2.51. The molecule has 0 spiro atoms. The number of morpholine rings is 1. The first-order valence-electron chi connectivity index (χ1n) is 15.3. The summed E-state index contributed by atoms with van der Waals surface area (Å²) in [6.07, 6.45) is 3.78. The van der Waals surface area contributed by atoms with Gasteiger partial charge in [0.25, 0.3) is 5.91 Å². The second-order valence-corrected chi connectivity index (χ2v) is 11.7. The van der Waals surface area contributed by atoms with Gasteiger partial charge in [-0.25, -0.2) is 0 Å². The highest BCUT2D eigenvalue weighted by molar-refractivity contribution is 5.98. The number of piperidine rings is 1. The van der Waals surface area contributed by atoms with Crippen molar-refractivity contribution >= 4 is 17.5 Å². The van der Waals surface area contributed by atoms with Crippen molar-refractivity contribution < 1.29 is 23.8 Å². The van der Waals surface area contributed by atoms with Crippen LogP contribution in [0.2, 0.25) is 0 Å². The predicted molar refractivity (Wildman–Crippen MR) is 157 cm³/mol. The number of rotatable bonds is 11. The molecule has 1 aromatic rings. The van der Waals surface area contributed by atoms with Crippen LogP contribution in [0.4, 0.5) is 5.69 Å². The minimum atomic E-state index is -0.209. The lowest BCUT2D eigenvalue weighted by Gasteiger charge is -2.39. The normalized spacial score (nSPS) is 24.7. The number of benzene rings is 1. The third-order valence-corrected chi connectivity index (χ3v) is 9.08. The van der Waals surface area contributed by atoms with Crippen LogP contribution < -0.4 is 15.0 Å².